The largest absolute Gasteiger partial charge is 0.507 e. The zero-order valence-corrected chi connectivity index (χ0v) is 18.8. The summed E-state index contributed by atoms with van der Waals surface area (Å²) in [6, 6.07) is 11.8. The summed E-state index contributed by atoms with van der Waals surface area (Å²) < 4.78 is 0. The van der Waals surface area contributed by atoms with Crippen LogP contribution in [0.2, 0.25) is 10.0 Å². The van der Waals surface area contributed by atoms with E-state index in [-0.39, 0.29) is 16.4 Å². The molecule has 1 atom stereocenters. The summed E-state index contributed by atoms with van der Waals surface area (Å²) in [6.07, 6.45) is 1.65. The van der Waals surface area contributed by atoms with Gasteiger partial charge in [-0.2, -0.15) is 0 Å². The van der Waals surface area contributed by atoms with E-state index in [0.717, 1.165) is 24.0 Å². The van der Waals surface area contributed by atoms with Crippen LogP contribution in [0.1, 0.15) is 62.3 Å². The van der Waals surface area contributed by atoms with Gasteiger partial charge in [-0.25, -0.2) is 0 Å². The first-order valence-corrected chi connectivity index (χ1v) is 10.9. The van der Waals surface area contributed by atoms with E-state index in [2.05, 4.69) is 13.8 Å². The molecule has 1 aliphatic heterocycles. The van der Waals surface area contributed by atoms with E-state index in [1.54, 1.807) is 17.0 Å². The second-order valence-electron chi connectivity index (χ2n) is 7.80. The summed E-state index contributed by atoms with van der Waals surface area (Å²) in [4.78, 5) is 27.3. The van der Waals surface area contributed by atoms with Crippen LogP contribution in [0.15, 0.2) is 48.0 Å². The maximum Gasteiger partial charge on any atom is 0.295 e. The van der Waals surface area contributed by atoms with Crippen molar-refractivity contribution in [3.63, 3.8) is 0 Å². The summed E-state index contributed by atoms with van der Waals surface area (Å²) in [6.45, 7) is 6.67. The minimum Gasteiger partial charge on any atom is -0.507 e. The quantitative estimate of drug-likeness (QED) is 0.320. The fraction of sp³-hybridized carbons (Fsp3) is 0.333. The summed E-state index contributed by atoms with van der Waals surface area (Å²) in [7, 11) is 0. The lowest BCUT2D eigenvalue weighted by Gasteiger charge is -2.25. The molecule has 0 aromatic heterocycles. The standard InChI is InChI=1S/C24H25Cl2NO3/c1-4-5-12-27-21(16-8-6-15(7-9-16)14(2)3)20(23(29)24(27)30)22(28)17-10-11-18(25)19(26)13-17/h6-11,13-14,21,28H,4-5,12H2,1-3H3/b22-20-. The highest BCUT2D eigenvalue weighted by Gasteiger charge is 2.45. The van der Waals surface area contributed by atoms with E-state index >= 15 is 0 Å². The molecule has 4 nitrogen and oxygen atoms in total. The average Bonchev–Trinajstić information content (AvgIpc) is 2.98. The SMILES string of the molecule is CCCCN1C(=O)C(=O)/C(=C(\O)c2ccc(Cl)c(Cl)c2)C1c1ccc(C(C)C)cc1. The molecule has 1 saturated heterocycles. The molecule has 158 valence electrons. The Morgan fingerprint density at radius 2 is 1.73 bits per heavy atom. The monoisotopic (exact) mass is 445 g/mol. The first-order chi connectivity index (χ1) is 14.3. The van der Waals surface area contributed by atoms with Crippen LogP contribution in [0.25, 0.3) is 5.76 Å². The number of ketones is 1. The van der Waals surface area contributed by atoms with Crippen molar-refractivity contribution in [2.75, 3.05) is 6.54 Å². The van der Waals surface area contributed by atoms with Crippen molar-refractivity contribution >= 4 is 40.7 Å². The third-order valence-corrected chi connectivity index (χ3v) is 6.14. The van der Waals surface area contributed by atoms with Crippen molar-refractivity contribution in [1.82, 2.24) is 4.90 Å². The van der Waals surface area contributed by atoms with Crippen LogP contribution in [0.3, 0.4) is 0 Å². The summed E-state index contributed by atoms with van der Waals surface area (Å²) >= 11 is 12.1. The van der Waals surface area contributed by atoms with Gasteiger partial charge in [0.2, 0.25) is 0 Å². The van der Waals surface area contributed by atoms with Crippen LogP contribution in [0, 0.1) is 0 Å². The van der Waals surface area contributed by atoms with Crippen molar-refractivity contribution in [2.24, 2.45) is 0 Å². The molecule has 1 amide bonds. The number of aliphatic hydroxyl groups is 1. The molecular weight excluding hydrogens is 421 g/mol. The highest BCUT2D eigenvalue weighted by molar-refractivity contribution is 6.46. The maximum absolute atomic E-state index is 12.9. The molecule has 1 aliphatic rings. The van der Waals surface area contributed by atoms with E-state index in [4.69, 9.17) is 23.2 Å². The Hall–Kier alpha value is -2.30. The predicted molar refractivity (Wildman–Crippen MR) is 121 cm³/mol. The number of rotatable bonds is 6. The molecule has 0 spiro atoms. The molecule has 0 saturated carbocycles. The summed E-state index contributed by atoms with van der Waals surface area (Å²) in [5.41, 5.74) is 2.37. The number of hydrogen-bond acceptors (Lipinski definition) is 3. The molecule has 1 unspecified atom stereocenters. The van der Waals surface area contributed by atoms with Crippen LogP contribution in [0.5, 0.6) is 0 Å². The smallest absolute Gasteiger partial charge is 0.295 e. The van der Waals surface area contributed by atoms with Gasteiger partial charge in [0, 0.05) is 12.1 Å². The van der Waals surface area contributed by atoms with E-state index in [1.165, 1.54) is 6.07 Å². The van der Waals surface area contributed by atoms with Gasteiger partial charge in [-0.1, -0.05) is 74.7 Å². The number of aliphatic hydroxyl groups excluding tert-OH is 1. The van der Waals surface area contributed by atoms with Gasteiger partial charge in [-0.15, -0.1) is 0 Å². The molecule has 1 N–H and O–H groups in total. The van der Waals surface area contributed by atoms with Gasteiger partial charge in [0.05, 0.1) is 21.7 Å². The number of Topliss-reactive ketones (excluding diaryl/α,β-unsaturated/α-hetero) is 1. The third kappa shape index (κ3) is 4.26. The predicted octanol–water partition coefficient (Wildman–Crippen LogP) is 6.34. The molecule has 0 bridgehead atoms. The van der Waals surface area contributed by atoms with Crippen molar-refractivity contribution in [3.8, 4) is 0 Å². The van der Waals surface area contributed by atoms with Crippen LogP contribution < -0.4 is 0 Å². The Morgan fingerprint density at radius 1 is 1.07 bits per heavy atom. The number of unbranched alkanes of at least 4 members (excludes halogenated alkanes) is 1. The van der Waals surface area contributed by atoms with Crippen LogP contribution >= 0.6 is 23.2 Å². The first-order valence-electron chi connectivity index (χ1n) is 10.1. The van der Waals surface area contributed by atoms with E-state index < -0.39 is 17.7 Å². The fourth-order valence-corrected chi connectivity index (χ4v) is 3.95. The topological polar surface area (TPSA) is 57.6 Å². The molecule has 1 fully saturated rings. The Bertz CT molecular complexity index is 996. The lowest BCUT2D eigenvalue weighted by Crippen LogP contribution is -2.30. The number of benzene rings is 2. The first kappa shape index (κ1) is 22.4. The number of amides is 1. The Kier molecular flexibility index (Phi) is 6.89. The molecule has 6 heteroatoms. The van der Waals surface area contributed by atoms with Crippen LogP contribution in [0.4, 0.5) is 0 Å². The summed E-state index contributed by atoms with van der Waals surface area (Å²) in [5, 5.41) is 11.6. The lowest BCUT2D eigenvalue weighted by atomic mass is 9.93. The number of nitrogens with zero attached hydrogens (tertiary/aromatic N) is 1. The Labute approximate surface area is 187 Å². The van der Waals surface area contributed by atoms with Gasteiger partial charge in [0.25, 0.3) is 11.7 Å². The lowest BCUT2D eigenvalue weighted by molar-refractivity contribution is -0.139. The number of carbonyl (C=O) groups is 2. The zero-order valence-electron chi connectivity index (χ0n) is 17.3. The second kappa shape index (κ2) is 9.23. The van der Waals surface area contributed by atoms with Crippen molar-refractivity contribution in [2.45, 2.75) is 45.6 Å². The van der Waals surface area contributed by atoms with Gasteiger partial charge in [0.1, 0.15) is 5.76 Å². The molecule has 30 heavy (non-hydrogen) atoms. The van der Waals surface area contributed by atoms with E-state index in [0.29, 0.717) is 23.0 Å². The average molecular weight is 446 g/mol. The molecular formula is C24H25Cl2NO3. The van der Waals surface area contributed by atoms with Gasteiger partial charge < -0.3 is 10.0 Å². The van der Waals surface area contributed by atoms with E-state index in [9.17, 15) is 14.7 Å². The van der Waals surface area contributed by atoms with Crippen molar-refractivity contribution < 1.29 is 14.7 Å². The van der Waals surface area contributed by atoms with E-state index in [1.807, 2.05) is 31.2 Å². The van der Waals surface area contributed by atoms with Crippen molar-refractivity contribution in [1.29, 1.82) is 0 Å². The molecule has 2 aromatic carbocycles. The molecule has 0 aliphatic carbocycles. The summed E-state index contributed by atoms with van der Waals surface area (Å²) in [5.74, 6) is -1.17. The van der Waals surface area contributed by atoms with Crippen molar-refractivity contribution in [3.05, 3.63) is 74.8 Å². The van der Waals surface area contributed by atoms with Gasteiger partial charge in [0.15, 0.2) is 0 Å². The van der Waals surface area contributed by atoms with Crippen LogP contribution in [-0.4, -0.2) is 28.2 Å². The van der Waals surface area contributed by atoms with Crippen LogP contribution in [-0.2, 0) is 9.59 Å². The normalized spacial score (nSPS) is 18.5. The number of hydrogen-bond donors (Lipinski definition) is 1. The fourth-order valence-electron chi connectivity index (χ4n) is 3.65. The second-order valence-corrected chi connectivity index (χ2v) is 8.61. The molecule has 0 radical (unpaired) electrons. The number of halogens is 2. The Balaban J connectivity index is 2.15. The number of likely N-dealkylation sites (tertiary alicyclic amines) is 1. The minimum absolute atomic E-state index is 0.0757. The number of carbonyl (C=O) groups excluding carboxylic acids is 2. The Morgan fingerprint density at radius 3 is 2.30 bits per heavy atom. The molecule has 3 rings (SSSR count). The maximum atomic E-state index is 12.9. The molecule has 1 heterocycles. The highest BCUT2D eigenvalue weighted by atomic mass is 35.5. The van der Waals surface area contributed by atoms with Gasteiger partial charge in [-0.3, -0.25) is 9.59 Å². The molecule has 2 aromatic rings. The van der Waals surface area contributed by atoms with Gasteiger partial charge >= 0.3 is 0 Å². The minimum atomic E-state index is -0.687. The highest BCUT2D eigenvalue weighted by Crippen LogP contribution is 2.40. The van der Waals surface area contributed by atoms with Gasteiger partial charge in [-0.05, 0) is 41.7 Å². The zero-order chi connectivity index (χ0) is 22.0. The third-order valence-electron chi connectivity index (χ3n) is 5.40.